The Kier molecular flexibility index (Phi) is 12.0. The standard InChI is InChI=1S/C39H45N3O6S/c1-29-19-22-34(23-20-29)49(45,46)42(35-26-33(47-2)21-24-37(35)48-3)28-38(43)41(27-31-15-9-5-10-16-31)36(25-30-13-7-4-8-14-30)39(44)40-32-17-11-6-12-18-32/h4-5,7-10,13-16,19-24,26,32,36H,6,11-12,17-18,25,27-28H2,1-3H3,(H,40,44)/t36-/m1/s1. The quantitative estimate of drug-likeness (QED) is 0.167. The van der Waals surface area contributed by atoms with Crippen LogP contribution in [-0.2, 0) is 32.6 Å². The summed E-state index contributed by atoms with van der Waals surface area (Å²) in [5.74, 6) is -0.159. The van der Waals surface area contributed by atoms with Gasteiger partial charge in [0.05, 0.1) is 24.8 Å². The van der Waals surface area contributed by atoms with Crippen molar-refractivity contribution in [3.63, 3.8) is 0 Å². The number of carbonyl (C=O) groups is 2. The van der Waals surface area contributed by atoms with Crippen LogP contribution in [0.2, 0.25) is 0 Å². The summed E-state index contributed by atoms with van der Waals surface area (Å²) < 4.78 is 41.0. The molecule has 0 spiro atoms. The number of hydrogen-bond donors (Lipinski definition) is 1. The molecule has 0 heterocycles. The number of aryl methyl sites for hydroxylation is 1. The number of amides is 2. The molecule has 9 nitrogen and oxygen atoms in total. The van der Waals surface area contributed by atoms with Gasteiger partial charge < -0.3 is 19.7 Å². The number of benzene rings is 4. The molecule has 1 atom stereocenters. The minimum atomic E-state index is -4.31. The topological polar surface area (TPSA) is 105 Å². The minimum absolute atomic E-state index is 0.0151. The van der Waals surface area contributed by atoms with E-state index in [2.05, 4.69) is 5.32 Å². The van der Waals surface area contributed by atoms with Crippen molar-refractivity contribution in [2.45, 2.75) is 69.0 Å². The smallest absolute Gasteiger partial charge is 0.264 e. The van der Waals surface area contributed by atoms with Crippen LogP contribution in [0.15, 0.2) is 108 Å². The van der Waals surface area contributed by atoms with Crippen LogP contribution in [-0.4, -0.2) is 58.0 Å². The van der Waals surface area contributed by atoms with Crippen LogP contribution in [0.3, 0.4) is 0 Å². The Morgan fingerprint density at radius 1 is 0.816 bits per heavy atom. The Morgan fingerprint density at radius 2 is 1.45 bits per heavy atom. The van der Waals surface area contributed by atoms with Gasteiger partial charge in [0.2, 0.25) is 11.8 Å². The molecule has 0 saturated heterocycles. The summed E-state index contributed by atoms with van der Waals surface area (Å²) in [7, 11) is -1.38. The summed E-state index contributed by atoms with van der Waals surface area (Å²) in [6.07, 6.45) is 5.23. The normalized spacial score (nSPS) is 14.0. The Bertz CT molecular complexity index is 1790. The van der Waals surface area contributed by atoms with Gasteiger partial charge in [0.25, 0.3) is 10.0 Å². The maximum absolute atomic E-state index is 14.8. The van der Waals surface area contributed by atoms with Crippen molar-refractivity contribution in [2.75, 3.05) is 25.1 Å². The van der Waals surface area contributed by atoms with E-state index >= 15 is 0 Å². The highest BCUT2D eigenvalue weighted by atomic mass is 32.2. The third-order valence-electron chi connectivity index (χ3n) is 8.96. The van der Waals surface area contributed by atoms with Gasteiger partial charge in [0, 0.05) is 25.1 Å². The van der Waals surface area contributed by atoms with Gasteiger partial charge in [-0.2, -0.15) is 0 Å². The van der Waals surface area contributed by atoms with E-state index in [1.165, 1.54) is 37.3 Å². The Balaban J connectivity index is 1.60. The van der Waals surface area contributed by atoms with Gasteiger partial charge in [-0.3, -0.25) is 13.9 Å². The molecule has 4 aromatic rings. The number of anilines is 1. The molecule has 1 aliphatic rings. The summed E-state index contributed by atoms with van der Waals surface area (Å²) >= 11 is 0. The molecule has 49 heavy (non-hydrogen) atoms. The SMILES string of the molecule is COc1ccc(OC)c(N(CC(=O)N(Cc2ccccc2)[C@H](Cc2ccccc2)C(=O)NC2CCCCC2)S(=O)(=O)c2ccc(C)cc2)c1. The monoisotopic (exact) mass is 683 g/mol. The van der Waals surface area contributed by atoms with Gasteiger partial charge in [0.1, 0.15) is 24.1 Å². The van der Waals surface area contributed by atoms with Gasteiger partial charge in [-0.05, 0) is 55.2 Å². The van der Waals surface area contributed by atoms with E-state index in [9.17, 15) is 18.0 Å². The zero-order chi connectivity index (χ0) is 34.8. The third-order valence-corrected chi connectivity index (χ3v) is 10.7. The predicted molar refractivity (Wildman–Crippen MR) is 191 cm³/mol. The lowest BCUT2D eigenvalue weighted by Gasteiger charge is -2.35. The maximum Gasteiger partial charge on any atom is 0.264 e. The molecule has 1 fully saturated rings. The van der Waals surface area contributed by atoms with Gasteiger partial charge in [0.15, 0.2) is 0 Å². The van der Waals surface area contributed by atoms with Crippen molar-refractivity contribution < 1.29 is 27.5 Å². The first kappa shape index (κ1) is 35.5. The molecule has 1 aliphatic carbocycles. The zero-order valence-corrected chi connectivity index (χ0v) is 29.2. The zero-order valence-electron chi connectivity index (χ0n) is 28.4. The van der Waals surface area contributed by atoms with E-state index in [-0.39, 0.29) is 41.2 Å². The Morgan fingerprint density at radius 3 is 2.06 bits per heavy atom. The third kappa shape index (κ3) is 9.00. The fourth-order valence-corrected chi connectivity index (χ4v) is 7.64. The van der Waals surface area contributed by atoms with Crippen LogP contribution in [0.4, 0.5) is 5.69 Å². The molecular formula is C39H45N3O6S. The Hall–Kier alpha value is -4.83. The van der Waals surface area contributed by atoms with Crippen LogP contribution in [0, 0.1) is 6.92 Å². The molecular weight excluding hydrogens is 639 g/mol. The summed E-state index contributed by atoms with van der Waals surface area (Å²) in [4.78, 5) is 30.6. The number of ether oxygens (including phenoxy) is 2. The van der Waals surface area contributed by atoms with Crippen LogP contribution in [0.5, 0.6) is 11.5 Å². The molecule has 5 rings (SSSR count). The first-order chi connectivity index (χ1) is 23.7. The molecule has 2 amide bonds. The lowest BCUT2D eigenvalue weighted by Crippen LogP contribution is -2.55. The van der Waals surface area contributed by atoms with E-state index < -0.39 is 28.5 Å². The molecule has 1 N–H and O–H groups in total. The number of methoxy groups -OCH3 is 2. The van der Waals surface area contributed by atoms with Crippen molar-refractivity contribution >= 4 is 27.5 Å². The van der Waals surface area contributed by atoms with Crippen molar-refractivity contribution in [1.82, 2.24) is 10.2 Å². The number of sulfonamides is 1. The summed E-state index contributed by atoms with van der Waals surface area (Å²) in [5.41, 5.74) is 2.73. The second-order valence-corrected chi connectivity index (χ2v) is 14.3. The number of carbonyl (C=O) groups excluding carboxylic acids is 2. The largest absolute Gasteiger partial charge is 0.497 e. The molecule has 0 bridgehead atoms. The second-order valence-electron chi connectivity index (χ2n) is 12.4. The van der Waals surface area contributed by atoms with Crippen molar-refractivity contribution in [3.8, 4) is 11.5 Å². The number of nitrogens with zero attached hydrogens (tertiary/aromatic N) is 2. The first-order valence-electron chi connectivity index (χ1n) is 16.7. The van der Waals surface area contributed by atoms with Gasteiger partial charge in [-0.15, -0.1) is 0 Å². The van der Waals surface area contributed by atoms with E-state index in [1.807, 2.05) is 67.6 Å². The summed E-state index contributed by atoms with van der Waals surface area (Å²) in [5, 5.41) is 3.24. The Labute approximate surface area is 289 Å². The molecule has 258 valence electrons. The summed E-state index contributed by atoms with van der Waals surface area (Å²) in [6.45, 7) is 1.38. The highest BCUT2D eigenvalue weighted by molar-refractivity contribution is 7.92. The van der Waals surface area contributed by atoms with E-state index in [4.69, 9.17) is 9.47 Å². The highest BCUT2D eigenvalue weighted by Crippen LogP contribution is 2.36. The van der Waals surface area contributed by atoms with Crippen LogP contribution in [0.25, 0.3) is 0 Å². The highest BCUT2D eigenvalue weighted by Gasteiger charge is 2.36. The van der Waals surface area contributed by atoms with Crippen molar-refractivity contribution in [1.29, 1.82) is 0 Å². The fourth-order valence-electron chi connectivity index (χ4n) is 6.22. The number of hydrogen-bond acceptors (Lipinski definition) is 6. The first-order valence-corrected chi connectivity index (χ1v) is 18.1. The van der Waals surface area contributed by atoms with Gasteiger partial charge in [-0.1, -0.05) is 97.6 Å². The molecule has 0 unspecified atom stereocenters. The lowest BCUT2D eigenvalue weighted by molar-refractivity contribution is -0.140. The van der Waals surface area contributed by atoms with E-state index in [0.29, 0.717) is 5.75 Å². The van der Waals surface area contributed by atoms with Crippen LogP contribution in [0.1, 0.15) is 48.8 Å². The second kappa shape index (κ2) is 16.5. The van der Waals surface area contributed by atoms with Gasteiger partial charge in [-0.25, -0.2) is 8.42 Å². The maximum atomic E-state index is 14.8. The molecule has 0 aliphatic heterocycles. The summed E-state index contributed by atoms with van der Waals surface area (Å²) in [6, 6.07) is 29.4. The van der Waals surface area contributed by atoms with Crippen LogP contribution >= 0.6 is 0 Å². The van der Waals surface area contributed by atoms with Gasteiger partial charge >= 0.3 is 0 Å². The average molecular weight is 684 g/mol. The molecule has 1 saturated carbocycles. The number of nitrogens with one attached hydrogen (secondary N) is 1. The fraction of sp³-hybridized carbons (Fsp3) is 0.333. The van der Waals surface area contributed by atoms with E-state index in [0.717, 1.165) is 53.1 Å². The molecule has 10 heteroatoms. The molecule has 4 aromatic carbocycles. The predicted octanol–water partition coefficient (Wildman–Crippen LogP) is 6.30. The van der Waals surface area contributed by atoms with Crippen molar-refractivity contribution in [2.24, 2.45) is 0 Å². The lowest BCUT2D eigenvalue weighted by atomic mass is 9.94. The van der Waals surface area contributed by atoms with E-state index in [1.54, 1.807) is 24.3 Å². The average Bonchev–Trinajstić information content (AvgIpc) is 3.13. The van der Waals surface area contributed by atoms with Crippen molar-refractivity contribution in [3.05, 3.63) is 120 Å². The number of rotatable bonds is 14. The molecule has 0 radical (unpaired) electrons. The molecule has 0 aromatic heterocycles. The minimum Gasteiger partial charge on any atom is -0.497 e. The van der Waals surface area contributed by atoms with Crippen LogP contribution < -0.4 is 19.1 Å².